The van der Waals surface area contributed by atoms with Gasteiger partial charge < -0.3 is 5.32 Å². The maximum Gasteiger partial charge on any atom is 0.0991 e. The van der Waals surface area contributed by atoms with Gasteiger partial charge in [-0.1, -0.05) is 22.6 Å². The van der Waals surface area contributed by atoms with Crippen LogP contribution in [0.3, 0.4) is 0 Å². The second-order valence-electron chi connectivity index (χ2n) is 2.00. The van der Waals surface area contributed by atoms with Gasteiger partial charge in [0.05, 0.1) is 16.2 Å². The SMILES string of the molecule is N#Cc1ccc(NCI)cc1. The van der Waals surface area contributed by atoms with Gasteiger partial charge in [0.15, 0.2) is 0 Å². The summed E-state index contributed by atoms with van der Waals surface area (Å²) in [4.78, 5) is 0. The van der Waals surface area contributed by atoms with E-state index in [4.69, 9.17) is 5.26 Å². The minimum Gasteiger partial charge on any atom is -0.376 e. The number of hydrogen-bond acceptors (Lipinski definition) is 2. The quantitative estimate of drug-likeness (QED) is 0.502. The summed E-state index contributed by atoms with van der Waals surface area (Å²) in [5.41, 5.74) is 1.75. The first kappa shape index (κ1) is 8.34. The maximum absolute atomic E-state index is 8.49. The third-order valence-electron chi connectivity index (χ3n) is 1.28. The van der Waals surface area contributed by atoms with Crippen LogP contribution in [0.5, 0.6) is 0 Å². The molecule has 0 bridgehead atoms. The van der Waals surface area contributed by atoms with Crippen molar-refractivity contribution in [2.75, 3.05) is 9.87 Å². The van der Waals surface area contributed by atoms with Crippen LogP contribution in [-0.4, -0.2) is 4.55 Å². The molecule has 0 saturated heterocycles. The molecule has 0 radical (unpaired) electrons. The highest BCUT2D eigenvalue weighted by molar-refractivity contribution is 14.1. The number of halogens is 1. The molecule has 0 spiro atoms. The summed E-state index contributed by atoms with van der Waals surface area (Å²) in [5, 5.41) is 11.6. The minimum absolute atomic E-state index is 0.698. The zero-order valence-electron chi connectivity index (χ0n) is 5.84. The molecule has 0 unspecified atom stereocenters. The van der Waals surface area contributed by atoms with Crippen LogP contribution >= 0.6 is 22.6 Å². The molecule has 0 aliphatic heterocycles. The van der Waals surface area contributed by atoms with Gasteiger partial charge in [-0.15, -0.1) is 0 Å². The van der Waals surface area contributed by atoms with Gasteiger partial charge in [-0.2, -0.15) is 5.26 Å². The van der Waals surface area contributed by atoms with Crippen molar-refractivity contribution in [3.8, 4) is 6.07 Å². The van der Waals surface area contributed by atoms with Crippen molar-refractivity contribution < 1.29 is 0 Å². The van der Waals surface area contributed by atoms with Crippen LogP contribution in [-0.2, 0) is 0 Å². The zero-order valence-corrected chi connectivity index (χ0v) is 8.00. The van der Waals surface area contributed by atoms with Crippen LogP contribution in [0.1, 0.15) is 5.56 Å². The molecule has 1 aromatic carbocycles. The normalized spacial score (nSPS) is 8.73. The summed E-state index contributed by atoms with van der Waals surface area (Å²) in [6.07, 6.45) is 0. The molecule has 1 rings (SSSR count). The lowest BCUT2D eigenvalue weighted by Crippen LogP contribution is -1.92. The van der Waals surface area contributed by atoms with Gasteiger partial charge in [0, 0.05) is 5.69 Å². The summed E-state index contributed by atoms with van der Waals surface area (Å²) in [6.45, 7) is 0. The average molecular weight is 258 g/mol. The summed E-state index contributed by atoms with van der Waals surface area (Å²) in [7, 11) is 0. The van der Waals surface area contributed by atoms with E-state index in [2.05, 4.69) is 34.0 Å². The van der Waals surface area contributed by atoms with E-state index in [1.54, 1.807) is 12.1 Å². The predicted octanol–water partition coefficient (Wildman–Crippen LogP) is 2.36. The van der Waals surface area contributed by atoms with Crippen LogP contribution < -0.4 is 5.32 Å². The van der Waals surface area contributed by atoms with Crippen LogP contribution in [0.25, 0.3) is 0 Å². The van der Waals surface area contributed by atoms with Crippen molar-refractivity contribution in [1.82, 2.24) is 0 Å². The van der Waals surface area contributed by atoms with Crippen molar-refractivity contribution in [3.05, 3.63) is 29.8 Å². The summed E-state index contributed by atoms with van der Waals surface area (Å²) >= 11 is 2.23. The number of hydrogen-bond donors (Lipinski definition) is 1. The highest BCUT2D eigenvalue weighted by Crippen LogP contribution is 2.08. The van der Waals surface area contributed by atoms with E-state index in [0.29, 0.717) is 5.56 Å². The van der Waals surface area contributed by atoms with E-state index < -0.39 is 0 Å². The topological polar surface area (TPSA) is 35.8 Å². The molecule has 0 aromatic heterocycles. The Morgan fingerprint density at radius 2 is 2.00 bits per heavy atom. The fraction of sp³-hybridized carbons (Fsp3) is 0.125. The molecule has 1 N–H and O–H groups in total. The van der Waals surface area contributed by atoms with E-state index in [1.807, 2.05) is 12.1 Å². The Labute approximate surface area is 79.4 Å². The third kappa shape index (κ3) is 2.39. The van der Waals surface area contributed by atoms with Crippen molar-refractivity contribution in [2.24, 2.45) is 0 Å². The van der Waals surface area contributed by atoms with E-state index in [0.717, 1.165) is 10.2 Å². The van der Waals surface area contributed by atoms with Crippen molar-refractivity contribution in [1.29, 1.82) is 5.26 Å². The maximum atomic E-state index is 8.49. The van der Waals surface area contributed by atoms with Gasteiger partial charge in [0.1, 0.15) is 0 Å². The smallest absolute Gasteiger partial charge is 0.0991 e. The number of benzene rings is 1. The number of nitrogens with zero attached hydrogens (tertiary/aromatic N) is 1. The monoisotopic (exact) mass is 258 g/mol. The van der Waals surface area contributed by atoms with Gasteiger partial charge in [0.2, 0.25) is 0 Å². The van der Waals surface area contributed by atoms with Crippen LogP contribution in [0, 0.1) is 11.3 Å². The predicted molar refractivity (Wildman–Crippen MR) is 53.7 cm³/mol. The standard InChI is InChI=1S/C8H7IN2/c9-6-11-8-3-1-7(5-10)2-4-8/h1-4,11H,6H2. The number of nitrogens with one attached hydrogen (secondary N) is 1. The molecular weight excluding hydrogens is 251 g/mol. The molecule has 2 nitrogen and oxygen atoms in total. The van der Waals surface area contributed by atoms with E-state index in [1.165, 1.54) is 0 Å². The Morgan fingerprint density at radius 3 is 2.45 bits per heavy atom. The van der Waals surface area contributed by atoms with Gasteiger partial charge >= 0.3 is 0 Å². The Bertz CT molecular complexity index is 260. The summed E-state index contributed by atoms with van der Waals surface area (Å²) in [5.74, 6) is 0. The first-order valence-corrected chi connectivity index (χ1v) is 4.69. The van der Waals surface area contributed by atoms with Crippen molar-refractivity contribution >= 4 is 28.3 Å². The van der Waals surface area contributed by atoms with Gasteiger partial charge in [-0.05, 0) is 24.3 Å². The number of alkyl halides is 1. The molecule has 11 heavy (non-hydrogen) atoms. The molecule has 0 saturated carbocycles. The van der Waals surface area contributed by atoms with E-state index in [9.17, 15) is 0 Å². The molecule has 0 atom stereocenters. The fourth-order valence-electron chi connectivity index (χ4n) is 0.740. The Hall–Kier alpha value is -0.760. The number of nitriles is 1. The Balaban J connectivity index is 2.76. The molecule has 1 aromatic rings. The summed E-state index contributed by atoms with van der Waals surface area (Å²) < 4.78 is 0.879. The first-order chi connectivity index (χ1) is 5.36. The third-order valence-corrected chi connectivity index (χ3v) is 1.67. The second kappa shape index (κ2) is 4.19. The Kier molecular flexibility index (Phi) is 3.17. The van der Waals surface area contributed by atoms with Crippen LogP contribution in [0.15, 0.2) is 24.3 Å². The van der Waals surface area contributed by atoms with Crippen molar-refractivity contribution in [3.63, 3.8) is 0 Å². The first-order valence-electron chi connectivity index (χ1n) is 3.17. The molecule has 0 aliphatic rings. The molecule has 0 aliphatic carbocycles. The second-order valence-corrected chi connectivity index (χ2v) is 2.76. The van der Waals surface area contributed by atoms with Crippen molar-refractivity contribution in [2.45, 2.75) is 0 Å². The van der Waals surface area contributed by atoms with Gasteiger partial charge in [-0.3, -0.25) is 0 Å². The molecule has 0 heterocycles. The lowest BCUT2D eigenvalue weighted by atomic mass is 10.2. The molecule has 56 valence electrons. The molecule has 0 fully saturated rings. The average Bonchev–Trinajstić information content (AvgIpc) is 2.07. The molecule has 0 amide bonds. The number of rotatable bonds is 2. The highest BCUT2D eigenvalue weighted by atomic mass is 127. The highest BCUT2D eigenvalue weighted by Gasteiger charge is 1.89. The van der Waals surface area contributed by atoms with E-state index in [-0.39, 0.29) is 0 Å². The minimum atomic E-state index is 0.698. The van der Waals surface area contributed by atoms with Gasteiger partial charge in [-0.25, -0.2) is 0 Å². The molecule has 3 heteroatoms. The van der Waals surface area contributed by atoms with Gasteiger partial charge in [0.25, 0.3) is 0 Å². The largest absolute Gasteiger partial charge is 0.376 e. The van der Waals surface area contributed by atoms with Crippen LogP contribution in [0.4, 0.5) is 5.69 Å². The summed E-state index contributed by atoms with van der Waals surface area (Å²) in [6, 6.07) is 9.47. The molecular formula is C8H7IN2. The Morgan fingerprint density at radius 1 is 1.36 bits per heavy atom. The zero-order chi connectivity index (χ0) is 8.10. The fourth-order valence-corrected chi connectivity index (χ4v) is 1.18. The number of anilines is 1. The van der Waals surface area contributed by atoms with Crippen LogP contribution in [0.2, 0.25) is 0 Å². The lowest BCUT2D eigenvalue weighted by molar-refractivity contribution is 1.45. The lowest BCUT2D eigenvalue weighted by Gasteiger charge is -1.99. The van der Waals surface area contributed by atoms with E-state index >= 15 is 0 Å².